The number of nitrogens with two attached hydrogens (primary N) is 1. The molecule has 14 heavy (non-hydrogen) atoms. The minimum absolute atomic E-state index is 0.369. The summed E-state index contributed by atoms with van der Waals surface area (Å²) in [5, 5.41) is 4.13. The Morgan fingerprint density at radius 3 is 2.79 bits per heavy atom. The molecule has 0 saturated heterocycles. The van der Waals surface area contributed by atoms with Gasteiger partial charge in [-0.2, -0.15) is 4.98 Å². The molecule has 0 saturated carbocycles. The lowest BCUT2D eigenvalue weighted by Crippen LogP contribution is -2.07. The van der Waals surface area contributed by atoms with E-state index in [4.69, 9.17) is 10.5 Å². The number of ether oxygens (including phenoxy) is 1. The molecule has 0 aliphatic rings. The van der Waals surface area contributed by atoms with Crippen LogP contribution in [0, 0.1) is 5.92 Å². The van der Waals surface area contributed by atoms with Gasteiger partial charge in [-0.3, -0.25) is 0 Å². The number of anilines is 1. The highest BCUT2D eigenvalue weighted by Gasteiger charge is 2.07. The van der Waals surface area contributed by atoms with Crippen LogP contribution in [-0.2, 0) is 6.54 Å². The molecule has 0 amide bonds. The number of hydrogen-bond donors (Lipinski definition) is 1. The number of rotatable bonds is 5. The molecule has 5 heteroatoms. The molecule has 0 atom stereocenters. The minimum Gasteiger partial charge on any atom is -0.463 e. The Bertz CT molecular complexity index is 282. The molecule has 0 unspecified atom stereocenters. The van der Waals surface area contributed by atoms with Crippen LogP contribution in [0.1, 0.15) is 27.2 Å². The first-order valence-electron chi connectivity index (χ1n) is 4.96. The Labute approximate surface area is 84.3 Å². The molecule has 5 nitrogen and oxygen atoms in total. The van der Waals surface area contributed by atoms with Crippen molar-refractivity contribution in [2.45, 2.75) is 33.7 Å². The molecule has 0 bridgehead atoms. The average Bonchev–Trinajstić information content (AvgIpc) is 2.44. The summed E-state index contributed by atoms with van der Waals surface area (Å²) in [4.78, 5) is 3.99. The Hall–Kier alpha value is -1.26. The first kappa shape index (κ1) is 10.8. The molecular formula is C9H18N4O. The quantitative estimate of drug-likeness (QED) is 0.774. The predicted octanol–water partition coefficient (Wildman–Crippen LogP) is 1.31. The monoisotopic (exact) mass is 198 g/mol. The number of aryl methyl sites for hydroxylation is 1. The first-order chi connectivity index (χ1) is 6.63. The SMILES string of the molecule is CCOc1nc(N)n(CCC(C)C)n1. The Morgan fingerprint density at radius 2 is 2.21 bits per heavy atom. The maximum absolute atomic E-state index is 5.67. The lowest BCUT2D eigenvalue weighted by molar-refractivity contribution is 0.309. The van der Waals surface area contributed by atoms with Crippen molar-refractivity contribution in [2.75, 3.05) is 12.3 Å². The summed E-state index contributed by atoms with van der Waals surface area (Å²) < 4.78 is 6.84. The normalized spacial score (nSPS) is 10.9. The molecule has 1 aromatic heterocycles. The lowest BCUT2D eigenvalue weighted by Gasteiger charge is -2.04. The van der Waals surface area contributed by atoms with E-state index in [-0.39, 0.29) is 0 Å². The average molecular weight is 198 g/mol. The van der Waals surface area contributed by atoms with Crippen LogP contribution in [-0.4, -0.2) is 21.4 Å². The second-order valence-electron chi connectivity index (χ2n) is 3.59. The van der Waals surface area contributed by atoms with Gasteiger partial charge in [0.25, 0.3) is 0 Å². The van der Waals surface area contributed by atoms with Crippen LogP contribution in [0.4, 0.5) is 5.95 Å². The number of aromatic nitrogens is 3. The van der Waals surface area contributed by atoms with Crippen LogP contribution in [0.15, 0.2) is 0 Å². The molecule has 1 rings (SSSR count). The van der Waals surface area contributed by atoms with E-state index in [1.165, 1.54) is 0 Å². The summed E-state index contributed by atoms with van der Waals surface area (Å²) in [5.41, 5.74) is 5.67. The van der Waals surface area contributed by atoms with Crippen molar-refractivity contribution in [2.24, 2.45) is 5.92 Å². The van der Waals surface area contributed by atoms with Crippen molar-refractivity contribution >= 4 is 5.95 Å². The van der Waals surface area contributed by atoms with Gasteiger partial charge >= 0.3 is 6.01 Å². The Kier molecular flexibility index (Phi) is 3.73. The number of hydrogen-bond acceptors (Lipinski definition) is 4. The van der Waals surface area contributed by atoms with E-state index in [1.54, 1.807) is 4.68 Å². The van der Waals surface area contributed by atoms with Crippen molar-refractivity contribution in [3.8, 4) is 6.01 Å². The highest BCUT2D eigenvalue weighted by atomic mass is 16.5. The highest BCUT2D eigenvalue weighted by Crippen LogP contribution is 2.10. The van der Waals surface area contributed by atoms with Gasteiger partial charge in [0.05, 0.1) is 6.61 Å². The Balaban J connectivity index is 2.58. The van der Waals surface area contributed by atoms with Crippen LogP contribution < -0.4 is 10.5 Å². The molecule has 0 aliphatic heterocycles. The molecule has 1 aromatic rings. The third-order valence-corrected chi connectivity index (χ3v) is 1.87. The van der Waals surface area contributed by atoms with Crippen LogP contribution in [0.5, 0.6) is 6.01 Å². The fraction of sp³-hybridized carbons (Fsp3) is 0.778. The molecule has 0 aromatic carbocycles. The molecule has 2 N–H and O–H groups in total. The smallest absolute Gasteiger partial charge is 0.337 e. The largest absolute Gasteiger partial charge is 0.463 e. The fourth-order valence-electron chi connectivity index (χ4n) is 1.07. The van der Waals surface area contributed by atoms with Crippen LogP contribution >= 0.6 is 0 Å². The molecule has 0 aliphatic carbocycles. The summed E-state index contributed by atoms with van der Waals surface area (Å²) in [6.45, 7) is 7.58. The second kappa shape index (κ2) is 4.83. The zero-order chi connectivity index (χ0) is 10.6. The zero-order valence-electron chi connectivity index (χ0n) is 9.03. The molecule has 80 valence electrons. The zero-order valence-corrected chi connectivity index (χ0v) is 9.03. The summed E-state index contributed by atoms with van der Waals surface area (Å²) in [7, 11) is 0. The van der Waals surface area contributed by atoms with Gasteiger partial charge in [-0.25, -0.2) is 4.68 Å². The van der Waals surface area contributed by atoms with Crippen LogP contribution in [0.3, 0.4) is 0 Å². The molecule has 0 radical (unpaired) electrons. The van der Waals surface area contributed by atoms with Crippen molar-refractivity contribution < 1.29 is 4.74 Å². The lowest BCUT2D eigenvalue weighted by atomic mass is 10.1. The van der Waals surface area contributed by atoms with Crippen molar-refractivity contribution in [3.05, 3.63) is 0 Å². The maximum Gasteiger partial charge on any atom is 0.337 e. The minimum atomic E-state index is 0.369. The maximum atomic E-state index is 5.67. The molecule has 0 fully saturated rings. The van der Waals surface area contributed by atoms with Crippen LogP contribution in [0.25, 0.3) is 0 Å². The first-order valence-corrected chi connectivity index (χ1v) is 4.96. The molecule has 0 spiro atoms. The van der Waals surface area contributed by atoms with Gasteiger partial charge in [0.1, 0.15) is 0 Å². The van der Waals surface area contributed by atoms with E-state index < -0.39 is 0 Å². The van der Waals surface area contributed by atoms with Gasteiger partial charge in [-0.15, -0.1) is 5.10 Å². The number of nitrogens with zero attached hydrogens (tertiary/aromatic N) is 3. The third-order valence-electron chi connectivity index (χ3n) is 1.87. The van der Waals surface area contributed by atoms with Gasteiger partial charge in [-0.1, -0.05) is 13.8 Å². The summed E-state index contributed by atoms with van der Waals surface area (Å²) in [5.74, 6) is 1.06. The van der Waals surface area contributed by atoms with Gasteiger partial charge in [-0.05, 0) is 19.3 Å². The van der Waals surface area contributed by atoms with Gasteiger partial charge < -0.3 is 10.5 Å². The fourth-order valence-corrected chi connectivity index (χ4v) is 1.07. The van der Waals surface area contributed by atoms with E-state index in [0.717, 1.165) is 13.0 Å². The third kappa shape index (κ3) is 2.90. The van der Waals surface area contributed by atoms with Crippen molar-refractivity contribution in [1.29, 1.82) is 0 Å². The summed E-state index contributed by atoms with van der Waals surface area (Å²) in [6, 6.07) is 0.369. The van der Waals surface area contributed by atoms with Crippen molar-refractivity contribution in [3.63, 3.8) is 0 Å². The van der Waals surface area contributed by atoms with E-state index in [1.807, 2.05) is 6.92 Å². The Morgan fingerprint density at radius 1 is 1.50 bits per heavy atom. The number of nitrogen functional groups attached to an aromatic ring is 1. The van der Waals surface area contributed by atoms with Crippen LogP contribution in [0.2, 0.25) is 0 Å². The highest BCUT2D eigenvalue weighted by molar-refractivity contribution is 5.18. The van der Waals surface area contributed by atoms with Gasteiger partial charge in [0.15, 0.2) is 0 Å². The van der Waals surface area contributed by atoms with E-state index in [2.05, 4.69) is 23.9 Å². The van der Waals surface area contributed by atoms with Crippen molar-refractivity contribution in [1.82, 2.24) is 14.8 Å². The standard InChI is InChI=1S/C9H18N4O/c1-4-14-9-11-8(10)13(12-9)6-5-7(2)3/h7H,4-6H2,1-3H3,(H2,10,11,12). The summed E-state index contributed by atoms with van der Waals surface area (Å²) in [6.07, 6.45) is 1.04. The second-order valence-corrected chi connectivity index (χ2v) is 3.59. The predicted molar refractivity (Wildman–Crippen MR) is 55.1 cm³/mol. The summed E-state index contributed by atoms with van der Waals surface area (Å²) >= 11 is 0. The molecular weight excluding hydrogens is 180 g/mol. The topological polar surface area (TPSA) is 66.0 Å². The van der Waals surface area contributed by atoms with Gasteiger partial charge in [0, 0.05) is 6.54 Å². The van der Waals surface area contributed by atoms with E-state index in [9.17, 15) is 0 Å². The van der Waals surface area contributed by atoms with E-state index >= 15 is 0 Å². The molecule has 1 heterocycles. The van der Waals surface area contributed by atoms with Gasteiger partial charge in [0.2, 0.25) is 5.95 Å². The van der Waals surface area contributed by atoms with E-state index in [0.29, 0.717) is 24.5 Å².